The van der Waals surface area contributed by atoms with Crippen LogP contribution in [0, 0.1) is 0 Å². The van der Waals surface area contributed by atoms with Gasteiger partial charge in [-0.25, -0.2) is 0 Å². The lowest BCUT2D eigenvalue weighted by Crippen LogP contribution is -2.42. The first-order valence-corrected chi connectivity index (χ1v) is 7.78. The van der Waals surface area contributed by atoms with Crippen molar-refractivity contribution in [3.63, 3.8) is 0 Å². The summed E-state index contributed by atoms with van der Waals surface area (Å²) in [5.41, 5.74) is 7.15. The number of hydrogen-bond donors (Lipinski definition) is 2. The Kier molecular flexibility index (Phi) is 8.01. The molecule has 0 spiro atoms. The number of carbonyl (C=O) groups is 1. The molecular weight excluding hydrogens is 262 g/mol. The Morgan fingerprint density at radius 3 is 2.57 bits per heavy atom. The molecule has 0 saturated heterocycles. The molecule has 0 saturated carbocycles. The van der Waals surface area contributed by atoms with Crippen LogP contribution in [0.25, 0.3) is 0 Å². The minimum Gasteiger partial charge on any atom is -0.355 e. The van der Waals surface area contributed by atoms with E-state index in [1.807, 2.05) is 18.2 Å². The molecule has 4 nitrogen and oxygen atoms in total. The number of benzene rings is 1. The number of nitrogens with one attached hydrogen (secondary N) is 1. The van der Waals surface area contributed by atoms with E-state index < -0.39 is 6.04 Å². The zero-order valence-electron chi connectivity index (χ0n) is 13.5. The summed E-state index contributed by atoms with van der Waals surface area (Å²) in [4.78, 5) is 14.2. The van der Waals surface area contributed by atoms with E-state index >= 15 is 0 Å². The number of carbonyl (C=O) groups excluding carboxylic acids is 1. The predicted molar refractivity (Wildman–Crippen MR) is 88.1 cm³/mol. The van der Waals surface area contributed by atoms with E-state index in [0.717, 1.165) is 19.4 Å². The Morgan fingerprint density at radius 1 is 1.29 bits per heavy atom. The summed E-state index contributed by atoms with van der Waals surface area (Å²) in [5.74, 6) is -0.0434. The van der Waals surface area contributed by atoms with Gasteiger partial charge in [0.05, 0.1) is 6.04 Å². The van der Waals surface area contributed by atoms with Crippen molar-refractivity contribution < 1.29 is 4.79 Å². The molecule has 0 bridgehead atoms. The topological polar surface area (TPSA) is 58.4 Å². The SMILES string of the molecule is CC(C)N(C)CCCNC(=O)C(N)CCc1ccccc1. The number of amides is 1. The molecule has 4 heteroatoms. The quantitative estimate of drug-likeness (QED) is 0.682. The van der Waals surface area contributed by atoms with Crippen molar-refractivity contribution >= 4 is 5.91 Å². The van der Waals surface area contributed by atoms with E-state index in [1.54, 1.807) is 0 Å². The Morgan fingerprint density at radius 2 is 1.95 bits per heavy atom. The summed E-state index contributed by atoms with van der Waals surface area (Å²) in [7, 11) is 2.10. The third-order valence-corrected chi connectivity index (χ3v) is 3.79. The zero-order valence-corrected chi connectivity index (χ0v) is 13.5. The monoisotopic (exact) mass is 291 g/mol. The lowest BCUT2D eigenvalue weighted by atomic mass is 10.1. The van der Waals surface area contributed by atoms with E-state index in [0.29, 0.717) is 19.0 Å². The van der Waals surface area contributed by atoms with Gasteiger partial charge in [-0.05, 0) is 52.3 Å². The van der Waals surface area contributed by atoms with E-state index in [1.165, 1.54) is 5.56 Å². The second-order valence-electron chi connectivity index (χ2n) is 5.85. The van der Waals surface area contributed by atoms with Crippen molar-refractivity contribution in [2.45, 2.75) is 45.2 Å². The molecule has 118 valence electrons. The maximum atomic E-state index is 11.9. The van der Waals surface area contributed by atoms with Crippen LogP contribution in [0.2, 0.25) is 0 Å². The van der Waals surface area contributed by atoms with Gasteiger partial charge >= 0.3 is 0 Å². The maximum absolute atomic E-state index is 11.9. The summed E-state index contributed by atoms with van der Waals surface area (Å²) in [6.45, 7) is 6.00. The fourth-order valence-corrected chi connectivity index (χ4v) is 2.03. The number of nitrogens with zero attached hydrogens (tertiary/aromatic N) is 1. The average Bonchev–Trinajstić information content (AvgIpc) is 2.49. The van der Waals surface area contributed by atoms with E-state index in [2.05, 4.69) is 43.2 Å². The van der Waals surface area contributed by atoms with E-state index in [9.17, 15) is 4.79 Å². The van der Waals surface area contributed by atoms with Crippen LogP contribution in [0.3, 0.4) is 0 Å². The predicted octanol–water partition coefficient (Wildman–Crippen LogP) is 1.79. The summed E-state index contributed by atoms with van der Waals surface area (Å²) in [6.07, 6.45) is 2.47. The highest BCUT2D eigenvalue weighted by Gasteiger charge is 2.12. The first kappa shape index (κ1) is 17.7. The molecule has 1 unspecified atom stereocenters. The Hall–Kier alpha value is -1.39. The second kappa shape index (κ2) is 9.53. The molecule has 0 heterocycles. The highest BCUT2D eigenvalue weighted by Crippen LogP contribution is 2.04. The smallest absolute Gasteiger partial charge is 0.236 e. The fourth-order valence-electron chi connectivity index (χ4n) is 2.03. The molecule has 1 rings (SSSR count). The Labute approximate surface area is 128 Å². The van der Waals surface area contributed by atoms with Gasteiger partial charge in [-0.3, -0.25) is 4.79 Å². The van der Waals surface area contributed by atoms with Gasteiger partial charge in [-0.2, -0.15) is 0 Å². The van der Waals surface area contributed by atoms with Crippen LogP contribution in [-0.2, 0) is 11.2 Å². The van der Waals surface area contributed by atoms with Gasteiger partial charge in [0.2, 0.25) is 5.91 Å². The molecule has 21 heavy (non-hydrogen) atoms. The van der Waals surface area contributed by atoms with Gasteiger partial charge in [-0.15, -0.1) is 0 Å². The van der Waals surface area contributed by atoms with Crippen molar-refractivity contribution in [1.82, 2.24) is 10.2 Å². The molecule has 1 amide bonds. The van der Waals surface area contributed by atoms with Gasteiger partial charge in [0.1, 0.15) is 0 Å². The van der Waals surface area contributed by atoms with Gasteiger partial charge in [-0.1, -0.05) is 30.3 Å². The summed E-state index contributed by atoms with van der Waals surface area (Å²) < 4.78 is 0. The zero-order chi connectivity index (χ0) is 15.7. The molecule has 1 aromatic rings. The Bertz CT molecular complexity index is 406. The molecule has 3 N–H and O–H groups in total. The maximum Gasteiger partial charge on any atom is 0.236 e. The van der Waals surface area contributed by atoms with Crippen molar-refractivity contribution in [1.29, 1.82) is 0 Å². The van der Waals surface area contributed by atoms with Crippen molar-refractivity contribution in [2.24, 2.45) is 5.73 Å². The van der Waals surface area contributed by atoms with Gasteiger partial charge < -0.3 is 16.0 Å². The normalized spacial score (nSPS) is 12.7. The summed E-state index contributed by atoms with van der Waals surface area (Å²) in [5, 5.41) is 2.92. The lowest BCUT2D eigenvalue weighted by Gasteiger charge is -2.21. The first-order chi connectivity index (χ1) is 10.0. The molecule has 1 atom stereocenters. The molecule has 0 aliphatic heterocycles. The fraction of sp³-hybridized carbons (Fsp3) is 0.588. The summed E-state index contributed by atoms with van der Waals surface area (Å²) >= 11 is 0. The number of nitrogens with two attached hydrogens (primary N) is 1. The molecule has 1 aromatic carbocycles. The number of aryl methyl sites for hydroxylation is 1. The minimum absolute atomic E-state index is 0.0434. The van der Waals surface area contributed by atoms with Gasteiger partial charge in [0.25, 0.3) is 0 Å². The average molecular weight is 291 g/mol. The van der Waals surface area contributed by atoms with Crippen LogP contribution < -0.4 is 11.1 Å². The molecule has 0 aromatic heterocycles. The minimum atomic E-state index is -0.423. The van der Waals surface area contributed by atoms with Crippen LogP contribution in [0.4, 0.5) is 0 Å². The highest BCUT2D eigenvalue weighted by molar-refractivity contribution is 5.81. The molecule has 0 aliphatic carbocycles. The standard InChI is InChI=1S/C17H29N3O/c1-14(2)20(3)13-7-12-19-17(21)16(18)11-10-15-8-5-4-6-9-15/h4-6,8-9,14,16H,7,10-13,18H2,1-3H3,(H,19,21). The van der Waals surface area contributed by atoms with Crippen LogP contribution in [-0.4, -0.2) is 43.0 Å². The van der Waals surface area contributed by atoms with Crippen molar-refractivity contribution in [2.75, 3.05) is 20.1 Å². The highest BCUT2D eigenvalue weighted by atomic mass is 16.2. The molecule has 0 fully saturated rings. The van der Waals surface area contributed by atoms with E-state index in [-0.39, 0.29) is 5.91 Å². The number of hydrogen-bond acceptors (Lipinski definition) is 3. The largest absolute Gasteiger partial charge is 0.355 e. The van der Waals surface area contributed by atoms with Gasteiger partial charge in [0.15, 0.2) is 0 Å². The molecular formula is C17H29N3O. The lowest BCUT2D eigenvalue weighted by molar-refractivity contribution is -0.122. The van der Waals surface area contributed by atoms with Crippen LogP contribution >= 0.6 is 0 Å². The third kappa shape index (κ3) is 7.25. The number of rotatable bonds is 9. The second-order valence-corrected chi connectivity index (χ2v) is 5.85. The first-order valence-electron chi connectivity index (χ1n) is 7.78. The van der Waals surface area contributed by atoms with Crippen LogP contribution in [0.5, 0.6) is 0 Å². The molecule has 0 radical (unpaired) electrons. The molecule has 0 aliphatic rings. The van der Waals surface area contributed by atoms with Crippen molar-refractivity contribution in [3.05, 3.63) is 35.9 Å². The van der Waals surface area contributed by atoms with Gasteiger partial charge in [0, 0.05) is 12.6 Å². The summed E-state index contributed by atoms with van der Waals surface area (Å²) in [6, 6.07) is 10.2. The Balaban J connectivity index is 2.16. The van der Waals surface area contributed by atoms with E-state index in [4.69, 9.17) is 5.73 Å². The third-order valence-electron chi connectivity index (χ3n) is 3.79. The van der Waals surface area contributed by atoms with Crippen molar-refractivity contribution in [3.8, 4) is 0 Å². The van der Waals surface area contributed by atoms with Crippen LogP contribution in [0.1, 0.15) is 32.3 Å². The van der Waals surface area contributed by atoms with Crippen LogP contribution in [0.15, 0.2) is 30.3 Å².